The number of nitrogens with one attached hydrogen (secondary N) is 1. The maximum atomic E-state index is 12.6. The number of carbonyl (C=O) groups excluding carboxylic acids is 3. The minimum atomic E-state index is -0.338. The van der Waals surface area contributed by atoms with Crippen LogP contribution in [0.3, 0.4) is 0 Å². The third-order valence-corrected chi connectivity index (χ3v) is 5.90. The average Bonchev–Trinajstić information content (AvgIpc) is 3.24. The maximum Gasteiger partial charge on any atom is 0.244 e. The van der Waals surface area contributed by atoms with Crippen molar-refractivity contribution in [3.05, 3.63) is 42.0 Å². The van der Waals surface area contributed by atoms with Crippen LogP contribution >= 0.6 is 0 Å². The van der Waals surface area contributed by atoms with E-state index in [0.717, 1.165) is 11.3 Å². The molecule has 1 saturated heterocycles. The van der Waals surface area contributed by atoms with E-state index in [0.29, 0.717) is 5.69 Å². The summed E-state index contributed by atoms with van der Waals surface area (Å²) in [6, 6.07) is 7.67. The van der Waals surface area contributed by atoms with Gasteiger partial charge in [-0.05, 0) is 41.4 Å². The molecule has 5 nitrogen and oxygen atoms in total. The Morgan fingerprint density at radius 2 is 1.58 bits per heavy atom. The number of rotatable bonds is 3. The molecule has 1 saturated carbocycles. The van der Waals surface area contributed by atoms with Crippen molar-refractivity contribution in [2.75, 3.05) is 11.9 Å². The lowest BCUT2D eigenvalue weighted by Crippen LogP contribution is -2.39. The smallest absolute Gasteiger partial charge is 0.244 e. The van der Waals surface area contributed by atoms with Crippen LogP contribution in [0.25, 0.3) is 0 Å². The first-order valence-corrected chi connectivity index (χ1v) is 9.19. The molecule has 2 bridgehead atoms. The van der Waals surface area contributed by atoms with Crippen molar-refractivity contribution >= 4 is 23.4 Å². The fourth-order valence-electron chi connectivity index (χ4n) is 4.52. The highest BCUT2D eigenvalue weighted by Gasteiger charge is 2.59. The van der Waals surface area contributed by atoms with Crippen molar-refractivity contribution in [3.63, 3.8) is 0 Å². The molecule has 4 rings (SSSR count). The number of anilines is 1. The van der Waals surface area contributed by atoms with Gasteiger partial charge in [-0.2, -0.15) is 0 Å². The third-order valence-electron chi connectivity index (χ3n) is 5.90. The molecule has 1 aromatic rings. The second-order valence-electron chi connectivity index (χ2n) is 8.64. The SMILES string of the molecule is CC(C)(C)c1ccc(NC(=O)CN2C(=O)C3C4C=CC(C4)C3C2=O)cc1. The lowest BCUT2D eigenvalue weighted by atomic mass is 9.85. The van der Waals surface area contributed by atoms with E-state index < -0.39 is 0 Å². The molecule has 2 aliphatic carbocycles. The number of allylic oxidation sites excluding steroid dienone is 2. The van der Waals surface area contributed by atoms with Crippen molar-refractivity contribution in [2.24, 2.45) is 23.7 Å². The summed E-state index contributed by atoms with van der Waals surface area (Å²) in [7, 11) is 0. The number of imide groups is 1. The Morgan fingerprint density at radius 1 is 1.04 bits per heavy atom. The Hall–Kier alpha value is -2.43. The number of likely N-dealkylation sites (tertiary alicyclic amines) is 1. The Bertz CT molecular complexity index is 774. The van der Waals surface area contributed by atoms with Gasteiger partial charge in [-0.15, -0.1) is 0 Å². The molecule has 1 N–H and O–H groups in total. The largest absolute Gasteiger partial charge is 0.325 e. The highest BCUT2D eigenvalue weighted by atomic mass is 16.2. The summed E-state index contributed by atoms with van der Waals surface area (Å²) in [6.45, 7) is 6.18. The molecule has 5 heteroatoms. The van der Waals surface area contributed by atoms with Gasteiger partial charge in [0.15, 0.2) is 0 Å². The normalized spacial score (nSPS) is 29.4. The van der Waals surface area contributed by atoms with E-state index in [-0.39, 0.29) is 53.4 Å². The average molecular weight is 352 g/mol. The summed E-state index contributed by atoms with van der Waals surface area (Å²) in [6.07, 6.45) is 5.00. The maximum absolute atomic E-state index is 12.6. The highest BCUT2D eigenvalue weighted by Crippen LogP contribution is 2.52. The van der Waals surface area contributed by atoms with E-state index >= 15 is 0 Å². The van der Waals surface area contributed by atoms with Crippen molar-refractivity contribution in [1.29, 1.82) is 0 Å². The summed E-state index contributed by atoms with van der Waals surface area (Å²) in [5.74, 6) is -0.882. The molecule has 1 heterocycles. The van der Waals surface area contributed by atoms with Gasteiger partial charge in [-0.1, -0.05) is 45.1 Å². The molecule has 3 aliphatic rings. The standard InChI is InChI=1S/C21H24N2O3/c1-21(2,3)14-6-8-15(9-7-14)22-16(24)11-23-19(25)17-12-4-5-13(10-12)18(17)20(23)26/h4-9,12-13,17-18H,10-11H2,1-3H3,(H,22,24). The van der Waals surface area contributed by atoms with Gasteiger partial charge in [-0.25, -0.2) is 0 Å². The molecule has 1 aliphatic heterocycles. The second kappa shape index (κ2) is 5.79. The number of carbonyl (C=O) groups is 3. The molecule has 0 aromatic heterocycles. The van der Waals surface area contributed by atoms with Gasteiger partial charge < -0.3 is 5.32 Å². The monoisotopic (exact) mass is 352 g/mol. The molecule has 0 spiro atoms. The predicted octanol–water partition coefficient (Wildman–Crippen LogP) is 2.73. The summed E-state index contributed by atoms with van der Waals surface area (Å²) >= 11 is 0. The van der Waals surface area contributed by atoms with Crippen LogP contribution in [-0.2, 0) is 19.8 Å². The first-order chi connectivity index (χ1) is 12.3. The molecule has 136 valence electrons. The Balaban J connectivity index is 1.41. The van der Waals surface area contributed by atoms with Gasteiger partial charge in [0.1, 0.15) is 6.54 Å². The van der Waals surface area contributed by atoms with Gasteiger partial charge in [0.2, 0.25) is 17.7 Å². The third kappa shape index (κ3) is 2.66. The lowest BCUT2D eigenvalue weighted by Gasteiger charge is -2.19. The first-order valence-electron chi connectivity index (χ1n) is 9.19. The van der Waals surface area contributed by atoms with E-state index in [4.69, 9.17) is 0 Å². The van der Waals surface area contributed by atoms with Gasteiger partial charge >= 0.3 is 0 Å². The van der Waals surface area contributed by atoms with Gasteiger partial charge in [0.25, 0.3) is 0 Å². The first kappa shape index (κ1) is 17.0. The zero-order valence-corrected chi connectivity index (χ0v) is 15.4. The zero-order chi connectivity index (χ0) is 18.6. The molecule has 1 aromatic carbocycles. The van der Waals surface area contributed by atoms with E-state index in [9.17, 15) is 14.4 Å². The van der Waals surface area contributed by atoms with Crippen LogP contribution in [0.5, 0.6) is 0 Å². The lowest BCUT2D eigenvalue weighted by molar-refractivity contribution is -0.143. The van der Waals surface area contributed by atoms with Crippen LogP contribution in [0.1, 0.15) is 32.8 Å². The summed E-state index contributed by atoms with van der Waals surface area (Å²) in [5, 5.41) is 2.79. The number of hydrogen-bond donors (Lipinski definition) is 1. The minimum absolute atomic E-state index is 0.0438. The number of amides is 3. The highest BCUT2D eigenvalue weighted by molar-refractivity contribution is 6.09. The predicted molar refractivity (Wildman–Crippen MR) is 98.2 cm³/mol. The van der Waals surface area contributed by atoms with Crippen molar-refractivity contribution in [1.82, 2.24) is 4.90 Å². The Kier molecular flexibility index (Phi) is 3.79. The van der Waals surface area contributed by atoms with Crippen LogP contribution in [0.2, 0.25) is 0 Å². The van der Waals surface area contributed by atoms with E-state index in [1.165, 1.54) is 5.56 Å². The Morgan fingerprint density at radius 3 is 2.08 bits per heavy atom. The Labute approximate surface area is 153 Å². The van der Waals surface area contributed by atoms with Crippen LogP contribution in [0.4, 0.5) is 5.69 Å². The molecule has 4 atom stereocenters. The molecule has 26 heavy (non-hydrogen) atoms. The summed E-state index contributed by atoms with van der Waals surface area (Å²) in [5.41, 5.74) is 1.89. The summed E-state index contributed by atoms with van der Waals surface area (Å²) < 4.78 is 0. The molecule has 3 amide bonds. The van der Waals surface area contributed by atoms with Crippen LogP contribution in [0, 0.1) is 23.7 Å². The number of fused-ring (bicyclic) bond motifs is 5. The van der Waals surface area contributed by atoms with Crippen molar-refractivity contribution < 1.29 is 14.4 Å². The zero-order valence-electron chi connectivity index (χ0n) is 15.4. The van der Waals surface area contributed by atoms with E-state index in [2.05, 4.69) is 38.2 Å². The minimum Gasteiger partial charge on any atom is -0.325 e. The molecule has 0 radical (unpaired) electrons. The van der Waals surface area contributed by atoms with Gasteiger partial charge in [0, 0.05) is 5.69 Å². The van der Waals surface area contributed by atoms with Crippen molar-refractivity contribution in [2.45, 2.75) is 32.6 Å². The van der Waals surface area contributed by atoms with Gasteiger partial charge in [0.05, 0.1) is 11.8 Å². The van der Waals surface area contributed by atoms with E-state index in [1.807, 2.05) is 24.3 Å². The molecule has 2 fully saturated rings. The number of benzene rings is 1. The molecule has 4 unspecified atom stereocenters. The van der Waals surface area contributed by atoms with Crippen LogP contribution in [0.15, 0.2) is 36.4 Å². The van der Waals surface area contributed by atoms with Crippen LogP contribution < -0.4 is 5.32 Å². The molecular weight excluding hydrogens is 328 g/mol. The second-order valence-corrected chi connectivity index (χ2v) is 8.64. The fourth-order valence-corrected chi connectivity index (χ4v) is 4.52. The number of hydrogen-bond acceptors (Lipinski definition) is 3. The van der Waals surface area contributed by atoms with E-state index in [1.54, 1.807) is 0 Å². The topological polar surface area (TPSA) is 66.5 Å². The summed E-state index contributed by atoms with van der Waals surface area (Å²) in [4.78, 5) is 38.8. The number of nitrogens with zero attached hydrogens (tertiary/aromatic N) is 1. The van der Waals surface area contributed by atoms with Crippen LogP contribution in [-0.4, -0.2) is 29.2 Å². The molecular formula is C21H24N2O3. The fraction of sp³-hybridized carbons (Fsp3) is 0.476. The van der Waals surface area contributed by atoms with Crippen molar-refractivity contribution in [3.8, 4) is 0 Å². The van der Waals surface area contributed by atoms with Gasteiger partial charge in [-0.3, -0.25) is 19.3 Å². The quantitative estimate of drug-likeness (QED) is 0.672.